The maximum atomic E-state index is 11.9. The number of amides is 2. The molecule has 112 valence electrons. The number of nitrogens with zero attached hydrogens (tertiary/aromatic N) is 1. The minimum atomic E-state index is -0.977. The molecule has 0 radical (unpaired) electrons. The minimum absolute atomic E-state index is 0.0211. The van der Waals surface area contributed by atoms with Crippen LogP contribution in [0.15, 0.2) is 22.7 Å². The van der Waals surface area contributed by atoms with Crippen LogP contribution < -0.4 is 10.6 Å². The highest BCUT2D eigenvalue weighted by Gasteiger charge is 2.19. The first-order valence-electron chi connectivity index (χ1n) is 6.32. The second-order valence-corrected chi connectivity index (χ2v) is 5.76. The van der Waals surface area contributed by atoms with Gasteiger partial charge in [-0.2, -0.15) is 5.26 Å². The van der Waals surface area contributed by atoms with Gasteiger partial charge in [0.05, 0.1) is 17.7 Å². The van der Waals surface area contributed by atoms with E-state index in [2.05, 4.69) is 26.6 Å². The second kappa shape index (κ2) is 7.64. The molecule has 1 atom stereocenters. The van der Waals surface area contributed by atoms with Crippen LogP contribution in [0.1, 0.15) is 25.8 Å². The normalized spacial score (nSPS) is 11.6. The molecule has 0 aliphatic heterocycles. The van der Waals surface area contributed by atoms with Crippen LogP contribution in [0, 0.1) is 17.2 Å². The van der Waals surface area contributed by atoms with Gasteiger partial charge in [-0.3, -0.25) is 4.79 Å². The molecule has 0 saturated heterocycles. The van der Waals surface area contributed by atoms with Gasteiger partial charge in [0.25, 0.3) is 0 Å². The third-order valence-corrected chi connectivity index (χ3v) is 3.36. The van der Waals surface area contributed by atoms with Crippen molar-refractivity contribution in [1.29, 1.82) is 5.26 Å². The van der Waals surface area contributed by atoms with Crippen molar-refractivity contribution in [1.82, 2.24) is 5.32 Å². The molecule has 0 aliphatic carbocycles. The van der Waals surface area contributed by atoms with Gasteiger partial charge >= 0.3 is 12.0 Å². The lowest BCUT2D eigenvalue weighted by Gasteiger charge is -2.21. The van der Waals surface area contributed by atoms with Crippen molar-refractivity contribution in [3.63, 3.8) is 0 Å². The van der Waals surface area contributed by atoms with Gasteiger partial charge in [0.1, 0.15) is 6.07 Å². The molecule has 3 N–H and O–H groups in total. The number of aliphatic carboxylic acids is 1. The summed E-state index contributed by atoms with van der Waals surface area (Å²) in [5, 5.41) is 23.0. The summed E-state index contributed by atoms with van der Waals surface area (Å²) < 4.78 is 0.732. The summed E-state index contributed by atoms with van der Waals surface area (Å²) in [5.41, 5.74) is 0.690. The van der Waals surface area contributed by atoms with Crippen LogP contribution in [0.3, 0.4) is 0 Å². The molecule has 0 heterocycles. The van der Waals surface area contributed by atoms with Gasteiger partial charge in [-0.15, -0.1) is 0 Å². The van der Waals surface area contributed by atoms with Crippen LogP contribution >= 0.6 is 15.9 Å². The highest BCUT2D eigenvalue weighted by atomic mass is 79.9. The summed E-state index contributed by atoms with van der Waals surface area (Å²) in [6.07, 6.45) is -0.156. The van der Waals surface area contributed by atoms with Gasteiger partial charge < -0.3 is 15.7 Å². The molecule has 0 aliphatic rings. The molecule has 0 fully saturated rings. The van der Waals surface area contributed by atoms with Gasteiger partial charge in [0, 0.05) is 10.5 Å². The average molecular weight is 354 g/mol. The average Bonchev–Trinajstić information content (AvgIpc) is 2.39. The first-order valence-corrected chi connectivity index (χ1v) is 7.11. The first-order chi connectivity index (χ1) is 9.83. The van der Waals surface area contributed by atoms with E-state index in [-0.39, 0.29) is 12.3 Å². The van der Waals surface area contributed by atoms with E-state index in [9.17, 15) is 9.59 Å². The van der Waals surface area contributed by atoms with E-state index in [1.54, 1.807) is 18.2 Å². The molecule has 7 heteroatoms. The highest BCUT2D eigenvalue weighted by Crippen LogP contribution is 2.20. The fraction of sp³-hybridized carbons (Fsp3) is 0.357. The Morgan fingerprint density at radius 1 is 1.43 bits per heavy atom. The van der Waals surface area contributed by atoms with Gasteiger partial charge in [-0.25, -0.2) is 4.79 Å². The lowest BCUT2D eigenvalue weighted by atomic mass is 10.0. The number of urea groups is 1. The van der Waals surface area contributed by atoms with Crippen molar-refractivity contribution in [3.05, 3.63) is 28.2 Å². The van der Waals surface area contributed by atoms with Gasteiger partial charge in [-0.05, 0) is 24.1 Å². The molecule has 2 amide bonds. The molecule has 1 rings (SSSR count). The monoisotopic (exact) mass is 353 g/mol. The standard InChI is InChI=1S/C14H16BrN3O3/c1-8(2)12(6-13(19)20)18-14(21)17-11-4-3-10(15)5-9(11)7-16/h3-5,8,12H,6H2,1-2H3,(H,19,20)(H2,17,18,21). The largest absolute Gasteiger partial charge is 0.481 e. The molecule has 0 aromatic heterocycles. The summed E-state index contributed by atoms with van der Waals surface area (Å²) in [6, 6.07) is 5.86. The summed E-state index contributed by atoms with van der Waals surface area (Å²) >= 11 is 3.25. The topological polar surface area (TPSA) is 102 Å². The van der Waals surface area contributed by atoms with Crippen molar-refractivity contribution >= 4 is 33.6 Å². The SMILES string of the molecule is CC(C)C(CC(=O)O)NC(=O)Nc1ccc(Br)cc1C#N. The number of rotatable bonds is 5. The Kier molecular flexibility index (Phi) is 6.18. The summed E-state index contributed by atoms with van der Waals surface area (Å²) in [5.74, 6) is -0.998. The van der Waals surface area contributed by atoms with Gasteiger partial charge in [-0.1, -0.05) is 29.8 Å². The zero-order valence-electron chi connectivity index (χ0n) is 11.7. The molecule has 0 bridgehead atoms. The predicted octanol–water partition coefficient (Wildman–Crippen LogP) is 2.94. The summed E-state index contributed by atoms with van der Waals surface area (Å²) in [7, 11) is 0. The highest BCUT2D eigenvalue weighted by molar-refractivity contribution is 9.10. The van der Waals surface area contributed by atoms with Crippen LogP contribution in [0.2, 0.25) is 0 Å². The Bertz CT molecular complexity index is 581. The molecule has 21 heavy (non-hydrogen) atoms. The fourth-order valence-corrected chi connectivity index (χ4v) is 2.05. The molecule has 0 spiro atoms. The Morgan fingerprint density at radius 2 is 2.10 bits per heavy atom. The van der Waals surface area contributed by atoms with Crippen LogP contribution in [-0.4, -0.2) is 23.1 Å². The Morgan fingerprint density at radius 3 is 2.62 bits per heavy atom. The Balaban J connectivity index is 2.77. The van der Waals surface area contributed by atoms with Crippen molar-refractivity contribution in [3.8, 4) is 6.07 Å². The van der Waals surface area contributed by atoms with E-state index in [0.29, 0.717) is 11.3 Å². The minimum Gasteiger partial charge on any atom is -0.481 e. The summed E-state index contributed by atoms with van der Waals surface area (Å²) in [4.78, 5) is 22.7. The number of hydrogen-bond donors (Lipinski definition) is 3. The van der Waals surface area contributed by atoms with Crippen LogP contribution in [0.5, 0.6) is 0 Å². The molecule has 6 nitrogen and oxygen atoms in total. The maximum Gasteiger partial charge on any atom is 0.319 e. The number of hydrogen-bond acceptors (Lipinski definition) is 3. The molecular weight excluding hydrogens is 338 g/mol. The lowest BCUT2D eigenvalue weighted by Crippen LogP contribution is -2.42. The van der Waals surface area contributed by atoms with E-state index in [1.165, 1.54) is 0 Å². The van der Waals surface area contributed by atoms with Crippen molar-refractivity contribution in [2.75, 3.05) is 5.32 Å². The number of carboxylic acids is 1. The van der Waals surface area contributed by atoms with Gasteiger partial charge in [0.15, 0.2) is 0 Å². The van der Waals surface area contributed by atoms with E-state index in [0.717, 1.165) is 4.47 Å². The Labute approximate surface area is 131 Å². The molecule has 1 unspecified atom stereocenters. The van der Waals surface area contributed by atoms with Crippen molar-refractivity contribution in [2.24, 2.45) is 5.92 Å². The molecule has 1 aromatic carbocycles. The fourth-order valence-electron chi connectivity index (χ4n) is 1.69. The third-order valence-electron chi connectivity index (χ3n) is 2.87. The Hall–Kier alpha value is -2.07. The smallest absolute Gasteiger partial charge is 0.319 e. The first kappa shape index (κ1) is 17.0. The maximum absolute atomic E-state index is 11.9. The van der Waals surface area contributed by atoms with Crippen molar-refractivity contribution < 1.29 is 14.7 Å². The molecule has 1 aromatic rings. The number of anilines is 1. The molecule has 0 saturated carbocycles. The second-order valence-electron chi connectivity index (χ2n) is 4.85. The third kappa shape index (κ3) is 5.44. The number of nitriles is 1. The van der Waals surface area contributed by atoms with Crippen molar-refractivity contribution in [2.45, 2.75) is 26.3 Å². The number of benzene rings is 1. The van der Waals surface area contributed by atoms with E-state index >= 15 is 0 Å². The van der Waals surface area contributed by atoms with Gasteiger partial charge in [0.2, 0.25) is 0 Å². The zero-order valence-corrected chi connectivity index (χ0v) is 13.3. The predicted molar refractivity (Wildman–Crippen MR) is 81.9 cm³/mol. The summed E-state index contributed by atoms with van der Waals surface area (Å²) in [6.45, 7) is 3.66. The lowest BCUT2D eigenvalue weighted by molar-refractivity contribution is -0.137. The number of halogens is 1. The number of carboxylic acid groups (broad SMARTS) is 1. The number of carbonyl (C=O) groups is 2. The molecular formula is C14H16BrN3O3. The van der Waals surface area contributed by atoms with Crippen LogP contribution in [0.25, 0.3) is 0 Å². The van der Waals surface area contributed by atoms with Crippen LogP contribution in [0.4, 0.5) is 10.5 Å². The number of carbonyl (C=O) groups excluding carboxylic acids is 1. The van der Waals surface area contributed by atoms with Crippen LogP contribution in [-0.2, 0) is 4.79 Å². The quantitative estimate of drug-likeness (QED) is 0.756. The number of nitrogens with one attached hydrogen (secondary N) is 2. The zero-order chi connectivity index (χ0) is 16.0. The van der Waals surface area contributed by atoms with E-state index in [4.69, 9.17) is 10.4 Å². The van der Waals surface area contributed by atoms with E-state index in [1.807, 2.05) is 19.9 Å². The van der Waals surface area contributed by atoms with E-state index < -0.39 is 18.0 Å².